The summed E-state index contributed by atoms with van der Waals surface area (Å²) in [7, 11) is -2.09. The Morgan fingerprint density at radius 3 is 2.45 bits per heavy atom. The Bertz CT molecular complexity index is 566. The first-order chi connectivity index (χ1) is 9.47. The molecule has 20 heavy (non-hydrogen) atoms. The normalized spacial score (nSPS) is 17.4. The predicted octanol–water partition coefficient (Wildman–Crippen LogP) is 0.319. The van der Waals surface area contributed by atoms with Gasteiger partial charge in [-0.15, -0.1) is 0 Å². The lowest BCUT2D eigenvalue weighted by atomic mass is 10.2. The summed E-state index contributed by atoms with van der Waals surface area (Å²) in [5.74, 6) is 0. The minimum Gasteiger partial charge on any atom is -0.399 e. The molecule has 0 saturated carbocycles. The molecule has 112 valence electrons. The highest BCUT2D eigenvalue weighted by Gasteiger charge is 2.23. The smallest absolute Gasteiger partial charge is 0.242 e. The molecule has 0 atom stereocenters. The number of nitrogens with one attached hydrogen (secondary N) is 1. The van der Waals surface area contributed by atoms with E-state index < -0.39 is 10.0 Å². The second-order valence-electron chi connectivity index (χ2n) is 4.86. The average molecular weight is 298 g/mol. The molecule has 3 N–H and O–H groups in total. The van der Waals surface area contributed by atoms with Crippen molar-refractivity contribution in [3.63, 3.8) is 0 Å². The molecule has 0 unspecified atom stereocenters. The number of anilines is 2. The zero-order valence-electron chi connectivity index (χ0n) is 12.0. The molecule has 0 spiro atoms. The molecule has 1 aliphatic rings. The van der Waals surface area contributed by atoms with E-state index in [9.17, 15) is 8.42 Å². The topological polar surface area (TPSA) is 78.7 Å². The van der Waals surface area contributed by atoms with E-state index in [1.54, 1.807) is 12.1 Å². The van der Waals surface area contributed by atoms with Crippen LogP contribution >= 0.6 is 0 Å². The van der Waals surface area contributed by atoms with E-state index in [0.717, 1.165) is 38.4 Å². The quantitative estimate of drug-likeness (QED) is 0.783. The van der Waals surface area contributed by atoms with Gasteiger partial charge in [0.05, 0.1) is 5.69 Å². The highest BCUT2D eigenvalue weighted by Crippen LogP contribution is 2.28. The van der Waals surface area contributed by atoms with Gasteiger partial charge in [0.15, 0.2) is 0 Å². The zero-order chi connectivity index (χ0) is 14.8. The van der Waals surface area contributed by atoms with Gasteiger partial charge in [-0.05, 0) is 31.8 Å². The van der Waals surface area contributed by atoms with Crippen LogP contribution in [-0.4, -0.2) is 53.1 Å². The van der Waals surface area contributed by atoms with Crippen LogP contribution in [0.5, 0.6) is 0 Å². The fourth-order valence-corrected chi connectivity index (χ4v) is 3.41. The molecule has 1 aromatic rings. The van der Waals surface area contributed by atoms with Crippen LogP contribution in [0.25, 0.3) is 0 Å². The number of rotatable bonds is 4. The summed E-state index contributed by atoms with van der Waals surface area (Å²) in [6.07, 6.45) is 0. The van der Waals surface area contributed by atoms with Gasteiger partial charge >= 0.3 is 0 Å². The number of sulfonamides is 1. The zero-order valence-corrected chi connectivity index (χ0v) is 12.8. The molecule has 0 amide bonds. The molecule has 1 aromatic carbocycles. The van der Waals surface area contributed by atoms with Gasteiger partial charge in [-0.25, -0.2) is 13.1 Å². The number of benzene rings is 1. The Hall–Kier alpha value is -1.31. The predicted molar refractivity (Wildman–Crippen MR) is 81.4 cm³/mol. The Morgan fingerprint density at radius 1 is 1.25 bits per heavy atom. The molecule has 0 bridgehead atoms. The van der Waals surface area contributed by atoms with E-state index in [2.05, 4.69) is 21.4 Å². The van der Waals surface area contributed by atoms with Gasteiger partial charge in [-0.3, -0.25) is 0 Å². The first-order valence-corrected chi connectivity index (χ1v) is 8.26. The molecule has 1 fully saturated rings. The molecule has 1 aliphatic heterocycles. The Labute approximate surface area is 120 Å². The number of likely N-dealkylation sites (N-methyl/N-ethyl adjacent to an activating group) is 1. The molecule has 6 nitrogen and oxygen atoms in total. The maximum absolute atomic E-state index is 12.1. The highest BCUT2D eigenvalue weighted by molar-refractivity contribution is 7.89. The molecule has 0 aliphatic carbocycles. The van der Waals surface area contributed by atoms with Crippen molar-refractivity contribution < 1.29 is 8.42 Å². The number of hydrogen-bond donors (Lipinski definition) is 2. The van der Waals surface area contributed by atoms with Crippen molar-refractivity contribution in [2.75, 3.05) is 50.4 Å². The standard InChI is InChI=1S/C13H22N4O2S/c1-3-16-6-8-17(9-7-16)12-5-4-11(14)10-13(12)20(18,19)15-2/h4-5,10,15H,3,6-9,14H2,1-2H3. The molecule has 2 rings (SSSR count). The van der Waals surface area contributed by atoms with E-state index in [1.165, 1.54) is 13.1 Å². The Balaban J connectivity index is 2.33. The van der Waals surface area contributed by atoms with Crippen LogP contribution in [0.15, 0.2) is 23.1 Å². The van der Waals surface area contributed by atoms with E-state index >= 15 is 0 Å². The Morgan fingerprint density at radius 2 is 1.90 bits per heavy atom. The van der Waals surface area contributed by atoms with Crippen molar-refractivity contribution in [2.45, 2.75) is 11.8 Å². The van der Waals surface area contributed by atoms with E-state index in [4.69, 9.17) is 5.73 Å². The highest BCUT2D eigenvalue weighted by atomic mass is 32.2. The van der Waals surface area contributed by atoms with Gasteiger partial charge < -0.3 is 15.5 Å². The lowest BCUT2D eigenvalue weighted by Gasteiger charge is -2.36. The first-order valence-electron chi connectivity index (χ1n) is 6.78. The molecule has 0 radical (unpaired) electrons. The van der Waals surface area contributed by atoms with Crippen LogP contribution in [0, 0.1) is 0 Å². The van der Waals surface area contributed by atoms with E-state index in [0.29, 0.717) is 5.69 Å². The van der Waals surface area contributed by atoms with Crippen molar-refractivity contribution >= 4 is 21.4 Å². The van der Waals surface area contributed by atoms with Crippen LogP contribution in [0.3, 0.4) is 0 Å². The molecular formula is C13H22N4O2S. The van der Waals surface area contributed by atoms with Crippen LogP contribution in [-0.2, 0) is 10.0 Å². The SMILES string of the molecule is CCN1CCN(c2ccc(N)cc2S(=O)(=O)NC)CC1. The summed E-state index contributed by atoms with van der Waals surface area (Å²) in [6.45, 7) is 6.70. The van der Waals surface area contributed by atoms with Crippen LogP contribution in [0.4, 0.5) is 11.4 Å². The fraction of sp³-hybridized carbons (Fsp3) is 0.538. The molecule has 1 heterocycles. The van der Waals surface area contributed by atoms with Crippen LogP contribution in [0.1, 0.15) is 6.92 Å². The maximum atomic E-state index is 12.1. The number of hydrogen-bond acceptors (Lipinski definition) is 5. The molecule has 7 heteroatoms. The van der Waals surface area contributed by atoms with E-state index in [1.807, 2.05) is 0 Å². The van der Waals surface area contributed by atoms with Gasteiger partial charge in [-0.2, -0.15) is 0 Å². The van der Waals surface area contributed by atoms with Gasteiger partial charge in [0.25, 0.3) is 0 Å². The number of nitrogen functional groups attached to an aromatic ring is 1. The average Bonchev–Trinajstić information content (AvgIpc) is 2.47. The number of nitrogens with zero attached hydrogens (tertiary/aromatic N) is 2. The first kappa shape index (κ1) is 15.1. The second kappa shape index (κ2) is 5.99. The van der Waals surface area contributed by atoms with E-state index in [-0.39, 0.29) is 4.90 Å². The minimum atomic E-state index is -3.51. The van der Waals surface area contributed by atoms with Crippen molar-refractivity contribution in [2.24, 2.45) is 0 Å². The van der Waals surface area contributed by atoms with Crippen molar-refractivity contribution in [1.82, 2.24) is 9.62 Å². The summed E-state index contributed by atoms with van der Waals surface area (Å²) >= 11 is 0. The van der Waals surface area contributed by atoms with Crippen molar-refractivity contribution in [3.05, 3.63) is 18.2 Å². The summed E-state index contributed by atoms with van der Waals surface area (Å²) in [6, 6.07) is 5.06. The van der Waals surface area contributed by atoms with Gasteiger partial charge in [0, 0.05) is 31.9 Å². The van der Waals surface area contributed by atoms with Gasteiger partial charge in [0.2, 0.25) is 10.0 Å². The molecular weight excluding hydrogens is 276 g/mol. The third-order valence-corrected chi connectivity index (χ3v) is 5.15. The molecule has 1 saturated heterocycles. The largest absolute Gasteiger partial charge is 0.399 e. The number of piperazine rings is 1. The van der Waals surface area contributed by atoms with Gasteiger partial charge in [-0.1, -0.05) is 6.92 Å². The van der Waals surface area contributed by atoms with Crippen LogP contribution < -0.4 is 15.4 Å². The van der Waals surface area contributed by atoms with Crippen molar-refractivity contribution in [1.29, 1.82) is 0 Å². The third kappa shape index (κ3) is 3.05. The summed E-state index contributed by atoms with van der Waals surface area (Å²) in [4.78, 5) is 4.71. The third-order valence-electron chi connectivity index (χ3n) is 3.70. The Kier molecular flexibility index (Phi) is 4.52. The number of nitrogens with two attached hydrogens (primary N) is 1. The van der Waals surface area contributed by atoms with Gasteiger partial charge in [0.1, 0.15) is 4.90 Å². The maximum Gasteiger partial charge on any atom is 0.242 e. The monoisotopic (exact) mass is 298 g/mol. The van der Waals surface area contributed by atoms with Crippen LogP contribution in [0.2, 0.25) is 0 Å². The summed E-state index contributed by atoms with van der Waals surface area (Å²) in [5.41, 5.74) is 6.91. The minimum absolute atomic E-state index is 0.255. The summed E-state index contributed by atoms with van der Waals surface area (Å²) in [5, 5.41) is 0. The second-order valence-corrected chi connectivity index (χ2v) is 6.71. The van der Waals surface area contributed by atoms with Crippen molar-refractivity contribution in [3.8, 4) is 0 Å². The fourth-order valence-electron chi connectivity index (χ4n) is 2.42. The lowest BCUT2D eigenvalue weighted by molar-refractivity contribution is 0.271. The summed E-state index contributed by atoms with van der Waals surface area (Å²) < 4.78 is 26.6. The lowest BCUT2D eigenvalue weighted by Crippen LogP contribution is -2.46. The molecule has 0 aromatic heterocycles.